The van der Waals surface area contributed by atoms with E-state index in [9.17, 15) is 4.79 Å². The van der Waals surface area contributed by atoms with Crippen LogP contribution in [-0.2, 0) is 17.9 Å². The van der Waals surface area contributed by atoms with Crippen molar-refractivity contribution < 1.29 is 4.79 Å². The summed E-state index contributed by atoms with van der Waals surface area (Å²) in [6.45, 7) is 6.89. The van der Waals surface area contributed by atoms with Crippen LogP contribution in [0.4, 0.5) is 0 Å². The van der Waals surface area contributed by atoms with Crippen LogP contribution in [0.2, 0.25) is 5.02 Å². The van der Waals surface area contributed by atoms with Gasteiger partial charge in [-0.1, -0.05) is 23.7 Å². The van der Waals surface area contributed by atoms with Gasteiger partial charge < -0.3 is 4.90 Å². The van der Waals surface area contributed by atoms with Gasteiger partial charge in [0.2, 0.25) is 5.91 Å². The molecule has 1 aliphatic heterocycles. The predicted octanol–water partition coefficient (Wildman–Crippen LogP) is 3.18. The lowest BCUT2D eigenvalue weighted by Gasteiger charge is -2.34. The van der Waals surface area contributed by atoms with E-state index in [0.717, 1.165) is 47.0 Å². The standard InChI is InChI=1S/C18H22ClIN4O/c1-14-17(20)13-24(21-14)6-5-18(25)23-9-7-22(8-10-23)12-15-3-2-4-16(19)11-15/h2-4,11,13H,5-10,12H2,1H3. The summed E-state index contributed by atoms with van der Waals surface area (Å²) in [5.41, 5.74) is 2.23. The Morgan fingerprint density at radius 3 is 2.68 bits per heavy atom. The molecular weight excluding hydrogens is 451 g/mol. The number of amides is 1. The number of piperazine rings is 1. The van der Waals surface area contributed by atoms with Crippen molar-refractivity contribution in [3.8, 4) is 0 Å². The van der Waals surface area contributed by atoms with Crippen molar-refractivity contribution in [2.75, 3.05) is 26.2 Å². The van der Waals surface area contributed by atoms with Crippen LogP contribution in [0.25, 0.3) is 0 Å². The van der Waals surface area contributed by atoms with Crippen LogP contribution in [0.5, 0.6) is 0 Å². The molecule has 0 spiro atoms. The molecular formula is C18H22ClIN4O. The fourth-order valence-corrected chi connectivity index (χ4v) is 3.67. The molecule has 25 heavy (non-hydrogen) atoms. The largest absolute Gasteiger partial charge is 0.340 e. The summed E-state index contributed by atoms with van der Waals surface area (Å²) in [6.07, 6.45) is 2.50. The highest BCUT2D eigenvalue weighted by Crippen LogP contribution is 2.14. The second kappa shape index (κ2) is 8.51. The number of halogens is 2. The van der Waals surface area contributed by atoms with Crippen LogP contribution in [0.15, 0.2) is 30.5 Å². The average molecular weight is 473 g/mol. The Hall–Kier alpha value is -1.12. The number of rotatable bonds is 5. The molecule has 1 fully saturated rings. The molecule has 0 N–H and O–H groups in total. The number of nitrogens with zero attached hydrogens (tertiary/aromatic N) is 4. The van der Waals surface area contributed by atoms with Gasteiger partial charge in [-0.3, -0.25) is 14.4 Å². The van der Waals surface area contributed by atoms with Crippen molar-refractivity contribution in [1.29, 1.82) is 0 Å². The minimum atomic E-state index is 0.213. The molecule has 1 amide bonds. The van der Waals surface area contributed by atoms with Gasteiger partial charge in [0.25, 0.3) is 0 Å². The van der Waals surface area contributed by atoms with E-state index in [1.54, 1.807) is 0 Å². The third-order valence-electron chi connectivity index (χ3n) is 4.46. The highest BCUT2D eigenvalue weighted by atomic mass is 127. The van der Waals surface area contributed by atoms with Gasteiger partial charge in [-0.2, -0.15) is 5.10 Å². The van der Waals surface area contributed by atoms with Crippen LogP contribution in [-0.4, -0.2) is 51.7 Å². The van der Waals surface area contributed by atoms with Crippen molar-refractivity contribution in [3.05, 3.63) is 50.3 Å². The molecule has 0 saturated carbocycles. The lowest BCUT2D eigenvalue weighted by molar-refractivity contribution is -0.133. The van der Waals surface area contributed by atoms with Gasteiger partial charge in [0.1, 0.15) is 0 Å². The third-order valence-corrected chi connectivity index (χ3v) is 5.76. The monoisotopic (exact) mass is 472 g/mol. The molecule has 5 nitrogen and oxygen atoms in total. The van der Waals surface area contributed by atoms with E-state index in [2.05, 4.69) is 38.7 Å². The van der Waals surface area contributed by atoms with Crippen molar-refractivity contribution in [2.45, 2.75) is 26.4 Å². The first-order valence-electron chi connectivity index (χ1n) is 8.45. The molecule has 1 aromatic carbocycles. The summed E-state index contributed by atoms with van der Waals surface area (Å²) >= 11 is 8.31. The Labute approximate surface area is 167 Å². The van der Waals surface area contributed by atoms with Crippen molar-refractivity contribution >= 4 is 40.1 Å². The number of carbonyl (C=O) groups excluding carboxylic acids is 1. The van der Waals surface area contributed by atoms with E-state index >= 15 is 0 Å². The van der Waals surface area contributed by atoms with Gasteiger partial charge in [-0.25, -0.2) is 0 Å². The zero-order valence-electron chi connectivity index (χ0n) is 14.3. The Bertz CT molecular complexity index is 721. The Kier molecular flexibility index (Phi) is 6.35. The fraction of sp³-hybridized carbons (Fsp3) is 0.444. The normalized spacial score (nSPS) is 15.6. The van der Waals surface area contributed by atoms with E-state index in [1.807, 2.05) is 40.9 Å². The summed E-state index contributed by atoms with van der Waals surface area (Å²) < 4.78 is 3.00. The van der Waals surface area contributed by atoms with E-state index in [4.69, 9.17) is 11.6 Å². The highest BCUT2D eigenvalue weighted by molar-refractivity contribution is 14.1. The zero-order chi connectivity index (χ0) is 17.8. The van der Waals surface area contributed by atoms with Crippen LogP contribution < -0.4 is 0 Å². The zero-order valence-corrected chi connectivity index (χ0v) is 17.2. The maximum atomic E-state index is 12.4. The van der Waals surface area contributed by atoms with E-state index in [1.165, 1.54) is 5.56 Å². The van der Waals surface area contributed by atoms with Crippen LogP contribution in [0.1, 0.15) is 17.7 Å². The Morgan fingerprint density at radius 1 is 1.28 bits per heavy atom. The maximum Gasteiger partial charge on any atom is 0.224 e. The van der Waals surface area contributed by atoms with E-state index in [-0.39, 0.29) is 5.91 Å². The Balaban J connectivity index is 1.44. The Morgan fingerprint density at radius 2 is 2.04 bits per heavy atom. The molecule has 3 rings (SSSR count). The summed E-state index contributed by atoms with van der Waals surface area (Å²) in [5.74, 6) is 0.213. The number of hydrogen-bond acceptors (Lipinski definition) is 3. The van der Waals surface area contributed by atoms with Gasteiger partial charge in [0, 0.05) is 56.9 Å². The van der Waals surface area contributed by atoms with Gasteiger partial charge in [0.15, 0.2) is 0 Å². The first-order valence-corrected chi connectivity index (χ1v) is 9.91. The molecule has 0 radical (unpaired) electrons. The molecule has 1 aliphatic rings. The van der Waals surface area contributed by atoms with Crippen molar-refractivity contribution in [1.82, 2.24) is 19.6 Å². The first-order chi connectivity index (χ1) is 12.0. The minimum absolute atomic E-state index is 0.213. The van der Waals surface area contributed by atoms with Gasteiger partial charge in [-0.15, -0.1) is 0 Å². The van der Waals surface area contributed by atoms with Crippen molar-refractivity contribution in [2.24, 2.45) is 0 Å². The molecule has 0 bridgehead atoms. The predicted molar refractivity (Wildman–Crippen MR) is 108 cm³/mol. The number of carbonyl (C=O) groups is 1. The van der Waals surface area contributed by atoms with E-state index in [0.29, 0.717) is 13.0 Å². The third kappa shape index (κ3) is 5.18. The second-order valence-electron chi connectivity index (χ2n) is 6.36. The lowest BCUT2D eigenvalue weighted by atomic mass is 10.2. The number of hydrogen-bond donors (Lipinski definition) is 0. The average Bonchev–Trinajstić information content (AvgIpc) is 2.91. The van der Waals surface area contributed by atoms with Gasteiger partial charge >= 0.3 is 0 Å². The number of aryl methyl sites for hydroxylation is 2. The van der Waals surface area contributed by atoms with Gasteiger partial charge in [-0.05, 0) is 47.2 Å². The van der Waals surface area contributed by atoms with Crippen molar-refractivity contribution in [3.63, 3.8) is 0 Å². The van der Waals surface area contributed by atoms with Crippen LogP contribution >= 0.6 is 34.2 Å². The second-order valence-corrected chi connectivity index (χ2v) is 7.96. The maximum absolute atomic E-state index is 12.4. The molecule has 2 aromatic rings. The minimum Gasteiger partial charge on any atom is -0.340 e. The topological polar surface area (TPSA) is 41.4 Å². The summed E-state index contributed by atoms with van der Waals surface area (Å²) in [7, 11) is 0. The quantitative estimate of drug-likeness (QED) is 0.628. The number of aromatic nitrogens is 2. The molecule has 2 heterocycles. The molecule has 1 saturated heterocycles. The molecule has 0 aliphatic carbocycles. The molecule has 0 unspecified atom stereocenters. The SMILES string of the molecule is Cc1nn(CCC(=O)N2CCN(Cc3cccc(Cl)c3)CC2)cc1I. The number of benzene rings is 1. The van der Waals surface area contributed by atoms with E-state index < -0.39 is 0 Å². The highest BCUT2D eigenvalue weighted by Gasteiger charge is 2.21. The van der Waals surface area contributed by atoms with Gasteiger partial charge in [0.05, 0.1) is 9.26 Å². The molecule has 1 aromatic heterocycles. The molecule has 134 valence electrons. The first kappa shape index (κ1) is 18.7. The summed E-state index contributed by atoms with van der Waals surface area (Å²) in [6, 6.07) is 7.97. The molecule has 7 heteroatoms. The fourth-order valence-electron chi connectivity index (χ4n) is 3.03. The lowest BCUT2D eigenvalue weighted by Crippen LogP contribution is -2.48. The molecule has 0 atom stereocenters. The van der Waals surface area contributed by atoms with Crippen LogP contribution in [0, 0.1) is 10.5 Å². The van der Waals surface area contributed by atoms with Crippen LogP contribution in [0.3, 0.4) is 0 Å². The smallest absolute Gasteiger partial charge is 0.224 e. The summed E-state index contributed by atoms with van der Waals surface area (Å²) in [5, 5.41) is 5.19. The summed E-state index contributed by atoms with van der Waals surface area (Å²) in [4.78, 5) is 16.8.